The van der Waals surface area contributed by atoms with Crippen molar-refractivity contribution in [3.05, 3.63) is 36.0 Å². The quantitative estimate of drug-likeness (QED) is 0.575. The summed E-state index contributed by atoms with van der Waals surface area (Å²) in [5.74, 6) is 0.696. The maximum Gasteiger partial charge on any atom is 0.308 e. The molecule has 162 valence electrons. The Labute approximate surface area is 185 Å². The molecule has 31 heavy (non-hydrogen) atoms. The van der Waals surface area contributed by atoms with Gasteiger partial charge in [0, 0.05) is 37.6 Å². The fourth-order valence-electron chi connectivity index (χ4n) is 4.27. The van der Waals surface area contributed by atoms with Gasteiger partial charge in [0.25, 0.3) is 5.91 Å². The van der Waals surface area contributed by atoms with Gasteiger partial charge in [0.05, 0.1) is 5.69 Å². The van der Waals surface area contributed by atoms with E-state index in [1.807, 2.05) is 42.3 Å². The monoisotopic (exact) mass is 439 g/mol. The van der Waals surface area contributed by atoms with E-state index in [0.717, 1.165) is 43.1 Å². The molecule has 10 heteroatoms. The van der Waals surface area contributed by atoms with E-state index < -0.39 is 0 Å². The molecule has 1 fully saturated rings. The third kappa shape index (κ3) is 3.65. The highest BCUT2D eigenvalue weighted by Gasteiger charge is 2.37. The van der Waals surface area contributed by atoms with Crippen molar-refractivity contribution in [2.75, 3.05) is 47.4 Å². The van der Waals surface area contributed by atoms with Gasteiger partial charge in [0.1, 0.15) is 11.4 Å². The Balaban J connectivity index is 1.50. The summed E-state index contributed by atoms with van der Waals surface area (Å²) in [5, 5.41) is 10.0. The lowest BCUT2D eigenvalue weighted by Gasteiger charge is -2.27. The lowest BCUT2D eigenvalue weighted by Crippen LogP contribution is -2.39. The molecule has 1 N–H and O–H groups in total. The number of hydrogen-bond donors (Lipinski definition) is 1. The topological polar surface area (TPSA) is 86.2 Å². The van der Waals surface area contributed by atoms with Crippen LogP contribution in [0, 0.1) is 0 Å². The van der Waals surface area contributed by atoms with Crippen LogP contribution in [0.25, 0.3) is 0 Å². The molecule has 0 unspecified atom stereocenters. The second kappa shape index (κ2) is 8.26. The van der Waals surface area contributed by atoms with Gasteiger partial charge in [0.15, 0.2) is 11.9 Å². The van der Waals surface area contributed by atoms with Crippen molar-refractivity contribution >= 4 is 40.9 Å². The molecule has 0 spiro atoms. The third-order valence-electron chi connectivity index (χ3n) is 5.75. The average molecular weight is 440 g/mol. The van der Waals surface area contributed by atoms with E-state index in [9.17, 15) is 4.79 Å². The van der Waals surface area contributed by atoms with Crippen LogP contribution in [-0.2, 0) is 4.74 Å². The van der Waals surface area contributed by atoms with Crippen LogP contribution in [0.4, 0.5) is 17.2 Å². The molecule has 1 amide bonds. The first-order valence-electron chi connectivity index (χ1n) is 10.5. The number of thioether (sulfide) groups is 1. The Morgan fingerprint density at radius 1 is 1.32 bits per heavy atom. The number of nitrogens with zero attached hydrogens (tertiary/aromatic N) is 6. The van der Waals surface area contributed by atoms with E-state index in [2.05, 4.69) is 20.3 Å². The van der Waals surface area contributed by atoms with E-state index >= 15 is 0 Å². The Hall–Kier alpha value is -3.01. The van der Waals surface area contributed by atoms with Gasteiger partial charge in [-0.1, -0.05) is 17.8 Å². The lowest BCUT2D eigenvalue weighted by atomic mass is 10.1. The highest BCUT2D eigenvalue weighted by atomic mass is 32.2. The number of anilines is 3. The van der Waals surface area contributed by atoms with Crippen LogP contribution in [0.3, 0.4) is 0 Å². The zero-order valence-corrected chi connectivity index (χ0v) is 18.4. The molecule has 3 aliphatic heterocycles. The summed E-state index contributed by atoms with van der Waals surface area (Å²) < 4.78 is 5.57. The SMILES string of the molecule is CCNC1=NN(c2cccc(N3C[C@@H]4CCCN4c4nc(SC)ncc4C3=O)c2)CO1. The van der Waals surface area contributed by atoms with Gasteiger partial charge in [-0.05, 0) is 44.2 Å². The van der Waals surface area contributed by atoms with Gasteiger partial charge in [0.2, 0.25) is 0 Å². The molecule has 0 bridgehead atoms. The number of carbonyl (C=O) groups is 1. The zero-order valence-electron chi connectivity index (χ0n) is 17.6. The minimum Gasteiger partial charge on any atom is -0.441 e. The predicted molar refractivity (Wildman–Crippen MR) is 122 cm³/mol. The van der Waals surface area contributed by atoms with E-state index in [-0.39, 0.29) is 11.9 Å². The first-order valence-corrected chi connectivity index (χ1v) is 11.7. The normalized spacial score (nSPS) is 20.2. The molecule has 1 atom stereocenters. The molecule has 1 aromatic carbocycles. The zero-order chi connectivity index (χ0) is 21.4. The Morgan fingerprint density at radius 3 is 3.03 bits per heavy atom. The smallest absolute Gasteiger partial charge is 0.308 e. The number of ether oxygens (including phenoxy) is 1. The van der Waals surface area contributed by atoms with E-state index in [1.54, 1.807) is 11.2 Å². The third-order valence-corrected chi connectivity index (χ3v) is 6.31. The predicted octanol–water partition coefficient (Wildman–Crippen LogP) is 2.50. The van der Waals surface area contributed by atoms with Gasteiger partial charge in [-0.15, -0.1) is 5.10 Å². The van der Waals surface area contributed by atoms with Gasteiger partial charge in [-0.25, -0.2) is 15.0 Å². The fraction of sp³-hybridized carbons (Fsp3) is 0.429. The summed E-state index contributed by atoms with van der Waals surface area (Å²) in [6.45, 7) is 4.61. The molecule has 9 nitrogen and oxygen atoms in total. The second-order valence-electron chi connectivity index (χ2n) is 7.63. The fourth-order valence-corrected chi connectivity index (χ4v) is 4.61. The van der Waals surface area contributed by atoms with E-state index in [1.165, 1.54) is 11.8 Å². The van der Waals surface area contributed by atoms with E-state index in [4.69, 9.17) is 9.72 Å². The number of nitrogens with one attached hydrogen (secondary N) is 1. The van der Waals surface area contributed by atoms with Gasteiger partial charge >= 0.3 is 6.02 Å². The maximum absolute atomic E-state index is 13.6. The first-order chi connectivity index (χ1) is 15.2. The lowest BCUT2D eigenvalue weighted by molar-refractivity contribution is 0.0988. The van der Waals surface area contributed by atoms with Gasteiger partial charge in [-0.3, -0.25) is 4.79 Å². The van der Waals surface area contributed by atoms with Crippen molar-refractivity contribution < 1.29 is 9.53 Å². The average Bonchev–Trinajstić information content (AvgIpc) is 3.44. The van der Waals surface area contributed by atoms with Crippen LogP contribution in [0.2, 0.25) is 0 Å². The molecule has 0 radical (unpaired) electrons. The van der Waals surface area contributed by atoms with Crippen LogP contribution in [0.5, 0.6) is 0 Å². The highest BCUT2D eigenvalue weighted by Crippen LogP contribution is 2.35. The summed E-state index contributed by atoms with van der Waals surface area (Å²) in [7, 11) is 0. The molecule has 5 rings (SSSR count). The number of hydrogen-bond acceptors (Lipinski definition) is 9. The molecular formula is C21H25N7O2S. The van der Waals surface area contributed by atoms with Gasteiger partial charge < -0.3 is 19.9 Å². The number of benzene rings is 1. The summed E-state index contributed by atoms with van der Waals surface area (Å²) in [4.78, 5) is 26.8. The van der Waals surface area contributed by atoms with Crippen LogP contribution < -0.4 is 20.1 Å². The van der Waals surface area contributed by atoms with Crippen molar-refractivity contribution in [3.8, 4) is 0 Å². The van der Waals surface area contributed by atoms with Crippen LogP contribution in [0.15, 0.2) is 40.7 Å². The highest BCUT2D eigenvalue weighted by molar-refractivity contribution is 7.98. The summed E-state index contributed by atoms with van der Waals surface area (Å²) in [6.07, 6.45) is 5.76. The number of carbonyl (C=O) groups excluding carboxylic acids is 1. The van der Waals surface area contributed by atoms with Crippen LogP contribution in [-0.4, -0.2) is 60.6 Å². The largest absolute Gasteiger partial charge is 0.441 e. The number of aromatic nitrogens is 2. The molecular weight excluding hydrogens is 414 g/mol. The molecule has 0 saturated carbocycles. The van der Waals surface area contributed by atoms with E-state index in [0.29, 0.717) is 30.0 Å². The maximum atomic E-state index is 13.6. The summed E-state index contributed by atoms with van der Waals surface area (Å²) in [6, 6.07) is 8.62. The Kier molecular flexibility index (Phi) is 5.31. The molecule has 1 aromatic heterocycles. The molecule has 0 aliphatic carbocycles. The van der Waals surface area contributed by atoms with Crippen molar-refractivity contribution in [1.82, 2.24) is 15.3 Å². The van der Waals surface area contributed by atoms with Crippen molar-refractivity contribution in [1.29, 1.82) is 0 Å². The molecule has 2 aromatic rings. The van der Waals surface area contributed by atoms with Crippen LogP contribution >= 0.6 is 11.8 Å². The Morgan fingerprint density at radius 2 is 2.19 bits per heavy atom. The summed E-state index contributed by atoms with van der Waals surface area (Å²) in [5.41, 5.74) is 2.27. The van der Waals surface area contributed by atoms with Gasteiger partial charge in [-0.2, -0.15) is 0 Å². The molecule has 1 saturated heterocycles. The molecule has 4 heterocycles. The molecule has 3 aliphatic rings. The number of fused-ring (bicyclic) bond motifs is 3. The Bertz CT molecular complexity index is 1030. The number of rotatable bonds is 4. The van der Waals surface area contributed by atoms with Crippen LogP contribution in [0.1, 0.15) is 30.1 Å². The van der Waals surface area contributed by atoms with Crippen molar-refractivity contribution in [2.24, 2.45) is 5.10 Å². The standard InChI is InChI=1S/C21H25N7O2S/c1-3-22-20-25-28(13-30-20)15-7-4-6-14(10-15)27-12-16-8-5-9-26(16)18-17(19(27)29)11-23-21(24-18)31-2/h4,6-7,10-11,16H,3,5,8-9,12-13H2,1-2H3,(H,22,25)/t16-/m0/s1. The second-order valence-corrected chi connectivity index (χ2v) is 8.40. The summed E-state index contributed by atoms with van der Waals surface area (Å²) >= 11 is 1.49. The minimum atomic E-state index is -0.0660. The van der Waals surface area contributed by atoms with Crippen molar-refractivity contribution in [3.63, 3.8) is 0 Å². The number of amidine groups is 1. The number of hydrazone groups is 1. The first kappa shape index (κ1) is 19.9. The minimum absolute atomic E-state index is 0.0660. The number of amides is 1. The van der Waals surface area contributed by atoms with Crippen molar-refractivity contribution in [2.45, 2.75) is 31.0 Å².